The average molecular weight is 770 g/mol. The van der Waals surface area contributed by atoms with Crippen LogP contribution in [0.4, 0.5) is 0 Å². The van der Waals surface area contributed by atoms with E-state index in [1.54, 1.807) is 6.08 Å². The normalized spacial score (nSPS) is 22.1. The van der Waals surface area contributed by atoms with Gasteiger partial charge in [-0.15, -0.1) is 0 Å². The summed E-state index contributed by atoms with van der Waals surface area (Å²) in [5.41, 5.74) is 0. The molecule has 1 saturated heterocycles. The zero-order valence-corrected chi connectivity index (χ0v) is 35.2. The molecule has 0 saturated carbocycles. The number of nitrogens with one attached hydrogen (secondary N) is 1. The number of aliphatic hydroxyl groups excluding tert-OH is 5. The molecule has 320 valence electrons. The van der Waals surface area contributed by atoms with Crippen molar-refractivity contribution >= 4 is 5.91 Å². The van der Waals surface area contributed by atoms with E-state index in [4.69, 9.17) is 9.47 Å². The van der Waals surface area contributed by atoms with Gasteiger partial charge in [-0.1, -0.05) is 193 Å². The molecule has 6 N–H and O–H groups in total. The smallest absolute Gasteiger partial charge is 0.220 e. The summed E-state index contributed by atoms with van der Waals surface area (Å²) in [6, 6.07) is -0.799. The summed E-state index contributed by atoms with van der Waals surface area (Å²) in [5, 5.41) is 54.1. The molecule has 54 heavy (non-hydrogen) atoms. The van der Waals surface area contributed by atoms with Crippen LogP contribution < -0.4 is 5.32 Å². The van der Waals surface area contributed by atoms with Gasteiger partial charge in [-0.2, -0.15) is 0 Å². The highest BCUT2D eigenvalue weighted by Crippen LogP contribution is 2.23. The van der Waals surface area contributed by atoms with E-state index in [2.05, 4.69) is 26.1 Å². The van der Waals surface area contributed by atoms with Gasteiger partial charge in [0, 0.05) is 6.42 Å². The fraction of sp³-hybridized carbons (Fsp3) is 0.933. The summed E-state index contributed by atoms with van der Waals surface area (Å²) in [7, 11) is 0. The van der Waals surface area contributed by atoms with Crippen LogP contribution in [-0.2, 0) is 14.3 Å². The fourth-order valence-corrected chi connectivity index (χ4v) is 7.31. The van der Waals surface area contributed by atoms with Gasteiger partial charge in [0.15, 0.2) is 6.29 Å². The lowest BCUT2D eigenvalue weighted by Gasteiger charge is -2.40. The Balaban J connectivity index is 2.33. The first-order chi connectivity index (χ1) is 26.2. The first-order valence-electron chi connectivity index (χ1n) is 22.8. The molecule has 9 nitrogen and oxygen atoms in total. The van der Waals surface area contributed by atoms with Crippen molar-refractivity contribution in [2.45, 2.75) is 250 Å². The van der Waals surface area contributed by atoms with Crippen molar-refractivity contribution in [1.29, 1.82) is 0 Å². The van der Waals surface area contributed by atoms with Gasteiger partial charge in [0.05, 0.1) is 25.4 Å². The molecule has 1 heterocycles. The Morgan fingerprint density at radius 2 is 1.17 bits per heavy atom. The molecule has 1 fully saturated rings. The Hall–Kier alpha value is -1.07. The molecule has 0 aromatic heterocycles. The third-order valence-corrected chi connectivity index (χ3v) is 11.4. The van der Waals surface area contributed by atoms with Crippen molar-refractivity contribution in [1.82, 2.24) is 5.32 Å². The Bertz CT molecular complexity index is 873. The van der Waals surface area contributed by atoms with E-state index in [-0.39, 0.29) is 12.5 Å². The molecule has 1 rings (SSSR count). The highest BCUT2D eigenvalue weighted by Gasteiger charge is 2.44. The zero-order chi connectivity index (χ0) is 39.7. The lowest BCUT2D eigenvalue weighted by molar-refractivity contribution is -0.302. The van der Waals surface area contributed by atoms with Crippen molar-refractivity contribution in [2.24, 2.45) is 5.92 Å². The third-order valence-electron chi connectivity index (χ3n) is 11.4. The fourth-order valence-electron chi connectivity index (χ4n) is 7.31. The van der Waals surface area contributed by atoms with Crippen molar-refractivity contribution in [2.75, 3.05) is 13.2 Å². The molecule has 1 aliphatic heterocycles. The number of allylic oxidation sites excluding steroid dienone is 1. The molecule has 8 unspecified atom stereocenters. The predicted molar refractivity (Wildman–Crippen MR) is 221 cm³/mol. The highest BCUT2D eigenvalue weighted by atomic mass is 16.7. The van der Waals surface area contributed by atoms with Gasteiger partial charge >= 0.3 is 0 Å². The van der Waals surface area contributed by atoms with Crippen LogP contribution in [0.25, 0.3) is 0 Å². The molecule has 0 bridgehead atoms. The Kier molecular flexibility index (Phi) is 33.1. The van der Waals surface area contributed by atoms with Gasteiger partial charge in [-0.05, 0) is 25.2 Å². The summed E-state index contributed by atoms with van der Waals surface area (Å²) in [6.07, 6.45) is 31.1. The molecule has 0 aliphatic carbocycles. The van der Waals surface area contributed by atoms with Crippen LogP contribution in [0.3, 0.4) is 0 Å². The lowest BCUT2D eigenvalue weighted by Crippen LogP contribution is -2.60. The molecule has 9 heteroatoms. The third kappa shape index (κ3) is 26.0. The number of hydrogen-bond acceptors (Lipinski definition) is 8. The monoisotopic (exact) mass is 770 g/mol. The van der Waals surface area contributed by atoms with Crippen LogP contribution in [0, 0.1) is 5.92 Å². The predicted octanol–water partition coefficient (Wildman–Crippen LogP) is 9.19. The maximum atomic E-state index is 12.9. The molecule has 0 radical (unpaired) electrons. The molecule has 8 atom stereocenters. The van der Waals surface area contributed by atoms with Crippen molar-refractivity contribution in [3.05, 3.63) is 12.2 Å². The number of rotatable bonds is 37. The van der Waals surface area contributed by atoms with E-state index in [1.807, 2.05) is 6.08 Å². The van der Waals surface area contributed by atoms with Crippen LogP contribution in [0.15, 0.2) is 12.2 Å². The largest absolute Gasteiger partial charge is 0.394 e. The van der Waals surface area contributed by atoms with Gasteiger partial charge in [-0.25, -0.2) is 0 Å². The first-order valence-corrected chi connectivity index (χ1v) is 22.8. The number of unbranched alkanes of at least 4 members (excludes halogenated alkanes) is 24. The van der Waals surface area contributed by atoms with E-state index in [0.29, 0.717) is 6.42 Å². The SMILES string of the molecule is CCCCCCCCCCCCCCCCCCCCCC(=O)NC(COC1OC(CO)C(O)C(O)C1O)C(O)C=CCCCCCCCCC(C)CC. The van der Waals surface area contributed by atoms with Gasteiger partial charge in [0.25, 0.3) is 0 Å². The minimum absolute atomic E-state index is 0.176. The Morgan fingerprint density at radius 1 is 0.685 bits per heavy atom. The summed E-state index contributed by atoms with van der Waals surface area (Å²) in [6.45, 7) is 6.10. The van der Waals surface area contributed by atoms with E-state index in [0.717, 1.165) is 44.4 Å². The topological polar surface area (TPSA) is 149 Å². The second-order valence-corrected chi connectivity index (χ2v) is 16.4. The van der Waals surface area contributed by atoms with E-state index in [9.17, 15) is 30.3 Å². The first kappa shape index (κ1) is 50.9. The summed E-state index contributed by atoms with van der Waals surface area (Å²) >= 11 is 0. The van der Waals surface area contributed by atoms with Crippen molar-refractivity contribution in [3.63, 3.8) is 0 Å². The van der Waals surface area contributed by atoms with Crippen molar-refractivity contribution in [3.8, 4) is 0 Å². The molecule has 0 aromatic carbocycles. The highest BCUT2D eigenvalue weighted by molar-refractivity contribution is 5.76. The lowest BCUT2D eigenvalue weighted by atomic mass is 9.99. The second-order valence-electron chi connectivity index (χ2n) is 16.4. The number of aliphatic hydroxyl groups is 5. The zero-order valence-electron chi connectivity index (χ0n) is 35.2. The second kappa shape index (κ2) is 35.1. The minimum atomic E-state index is -1.56. The van der Waals surface area contributed by atoms with Crippen LogP contribution in [-0.4, -0.2) is 87.5 Å². The molecule has 1 amide bonds. The number of hydrogen-bond donors (Lipinski definition) is 6. The maximum absolute atomic E-state index is 12.9. The van der Waals surface area contributed by atoms with Crippen LogP contribution in [0.1, 0.15) is 207 Å². The van der Waals surface area contributed by atoms with E-state index in [1.165, 1.54) is 141 Å². The summed E-state index contributed by atoms with van der Waals surface area (Å²) in [5.74, 6) is 0.640. The molecular formula is C45H87NO8. The standard InChI is InChI=1S/C45H87NO8/c1-4-6-7-8-9-10-11-12-13-14-15-16-17-18-19-20-25-28-31-34-41(49)46-38(36-53-45-44(52)43(51)42(50)40(35-47)54-45)39(48)33-30-27-24-22-21-23-26-29-32-37(3)5-2/h30,33,37-40,42-45,47-48,50-52H,4-29,31-32,34-36H2,1-3H3,(H,46,49). The maximum Gasteiger partial charge on any atom is 0.220 e. The van der Waals surface area contributed by atoms with Crippen molar-refractivity contribution < 1.29 is 39.8 Å². The number of ether oxygens (including phenoxy) is 2. The van der Waals surface area contributed by atoms with Crippen LogP contribution in [0.2, 0.25) is 0 Å². The average Bonchev–Trinajstić information content (AvgIpc) is 3.17. The van der Waals surface area contributed by atoms with Gasteiger partial charge in [0.1, 0.15) is 24.4 Å². The summed E-state index contributed by atoms with van der Waals surface area (Å²) < 4.78 is 11.2. The van der Waals surface area contributed by atoms with E-state index >= 15 is 0 Å². The van der Waals surface area contributed by atoms with Gasteiger partial charge in [-0.3, -0.25) is 4.79 Å². The molecule has 1 aliphatic rings. The minimum Gasteiger partial charge on any atom is -0.394 e. The number of amides is 1. The van der Waals surface area contributed by atoms with Crippen LogP contribution in [0.5, 0.6) is 0 Å². The molecule has 0 spiro atoms. The molecular weight excluding hydrogens is 682 g/mol. The van der Waals surface area contributed by atoms with Gasteiger partial charge < -0.3 is 40.3 Å². The quantitative estimate of drug-likeness (QED) is 0.0271. The van der Waals surface area contributed by atoms with Gasteiger partial charge in [0.2, 0.25) is 5.91 Å². The Morgan fingerprint density at radius 3 is 1.67 bits per heavy atom. The number of carbonyl (C=O) groups excluding carboxylic acids is 1. The number of carbonyl (C=O) groups is 1. The summed E-state index contributed by atoms with van der Waals surface area (Å²) in [4.78, 5) is 12.9. The van der Waals surface area contributed by atoms with E-state index < -0.39 is 49.5 Å². The molecule has 0 aromatic rings. The van der Waals surface area contributed by atoms with Crippen LogP contribution >= 0.6 is 0 Å². The Labute approximate surface area is 331 Å².